The van der Waals surface area contributed by atoms with Gasteiger partial charge in [0, 0.05) is 30.2 Å². The van der Waals surface area contributed by atoms with E-state index in [9.17, 15) is 24.5 Å². The van der Waals surface area contributed by atoms with Crippen molar-refractivity contribution >= 4 is 23.9 Å². The summed E-state index contributed by atoms with van der Waals surface area (Å²) in [5.74, 6) is -2.74. The highest BCUT2D eigenvalue weighted by atomic mass is 16.6. The molecule has 11 heteroatoms. The molecule has 3 rings (SSSR count). The molecule has 0 saturated heterocycles. The standard InChI is InChI=1S/C21H20N4O7/c1-3-32-21(28)18-15(10-24-8-7-22-12-24)23-16(11-26)19(20(27)31-2)17(18)13-5-4-6-14(9-13)25(29)30/h4-9,11-12,17,23H,3,10H2,1-2H3. The van der Waals surface area contributed by atoms with E-state index in [0.717, 1.165) is 7.11 Å². The zero-order valence-corrected chi connectivity index (χ0v) is 17.3. The first-order valence-corrected chi connectivity index (χ1v) is 9.56. The first-order valence-electron chi connectivity index (χ1n) is 9.56. The third-order valence-electron chi connectivity index (χ3n) is 4.81. The maximum Gasteiger partial charge on any atom is 0.336 e. The van der Waals surface area contributed by atoms with Gasteiger partial charge in [0.1, 0.15) is 0 Å². The van der Waals surface area contributed by atoms with Crippen LogP contribution in [0.4, 0.5) is 5.69 Å². The molecule has 0 amide bonds. The summed E-state index contributed by atoms with van der Waals surface area (Å²) in [6, 6.07) is 5.49. The van der Waals surface area contributed by atoms with Crippen LogP contribution in [0.3, 0.4) is 0 Å². The summed E-state index contributed by atoms with van der Waals surface area (Å²) < 4.78 is 11.7. The second kappa shape index (κ2) is 9.69. The topological polar surface area (TPSA) is 143 Å². The largest absolute Gasteiger partial charge is 0.466 e. The number of carbonyl (C=O) groups is 3. The van der Waals surface area contributed by atoms with Crippen molar-refractivity contribution in [1.29, 1.82) is 0 Å². The van der Waals surface area contributed by atoms with Gasteiger partial charge in [-0.15, -0.1) is 0 Å². The maximum absolute atomic E-state index is 13.0. The van der Waals surface area contributed by atoms with E-state index in [4.69, 9.17) is 9.47 Å². The number of carbonyl (C=O) groups excluding carboxylic acids is 3. The molecule has 1 unspecified atom stereocenters. The van der Waals surface area contributed by atoms with Crippen LogP contribution in [0.2, 0.25) is 0 Å². The van der Waals surface area contributed by atoms with Gasteiger partial charge in [0.2, 0.25) is 0 Å². The van der Waals surface area contributed by atoms with E-state index < -0.39 is 22.8 Å². The molecule has 0 spiro atoms. The summed E-state index contributed by atoms with van der Waals surface area (Å²) in [6.45, 7) is 1.78. The van der Waals surface area contributed by atoms with Crippen LogP contribution in [0.15, 0.2) is 65.5 Å². The molecule has 1 aromatic heterocycles. The number of nitrogens with zero attached hydrogens (tertiary/aromatic N) is 3. The van der Waals surface area contributed by atoms with Gasteiger partial charge in [0.15, 0.2) is 6.29 Å². The Labute approximate surface area is 182 Å². The average Bonchev–Trinajstić information content (AvgIpc) is 3.30. The number of imidazole rings is 1. The number of allylic oxidation sites excluding steroid dienone is 2. The van der Waals surface area contributed by atoms with Crippen molar-refractivity contribution in [3.05, 3.63) is 81.2 Å². The Hall–Kier alpha value is -4.28. The van der Waals surface area contributed by atoms with Gasteiger partial charge in [-0.1, -0.05) is 12.1 Å². The van der Waals surface area contributed by atoms with Crippen LogP contribution in [0.1, 0.15) is 18.4 Å². The van der Waals surface area contributed by atoms with Crippen molar-refractivity contribution in [3.63, 3.8) is 0 Å². The number of nitrogens with one attached hydrogen (secondary N) is 1. The molecular formula is C21H20N4O7. The Morgan fingerprint density at radius 3 is 2.69 bits per heavy atom. The number of hydrogen-bond donors (Lipinski definition) is 1. The number of benzene rings is 1. The second-order valence-corrected chi connectivity index (χ2v) is 6.69. The molecule has 0 aliphatic carbocycles. The highest BCUT2D eigenvalue weighted by Gasteiger charge is 2.40. The van der Waals surface area contributed by atoms with Gasteiger partial charge in [0.25, 0.3) is 5.69 Å². The monoisotopic (exact) mass is 440 g/mol. The molecule has 0 bridgehead atoms. The van der Waals surface area contributed by atoms with Crippen LogP contribution in [-0.4, -0.2) is 46.4 Å². The Balaban J connectivity index is 2.29. The predicted octanol–water partition coefficient (Wildman–Crippen LogP) is 1.62. The number of dihydropyridines is 1. The second-order valence-electron chi connectivity index (χ2n) is 6.69. The van der Waals surface area contributed by atoms with Crippen molar-refractivity contribution in [2.45, 2.75) is 19.4 Å². The van der Waals surface area contributed by atoms with Crippen LogP contribution in [-0.2, 0) is 30.4 Å². The zero-order chi connectivity index (χ0) is 23.3. The van der Waals surface area contributed by atoms with E-state index in [0.29, 0.717) is 6.29 Å². The minimum atomic E-state index is -1.14. The summed E-state index contributed by atoms with van der Waals surface area (Å²) in [7, 11) is 1.14. The summed E-state index contributed by atoms with van der Waals surface area (Å²) >= 11 is 0. The molecule has 2 heterocycles. The van der Waals surface area contributed by atoms with E-state index in [2.05, 4.69) is 10.3 Å². The summed E-state index contributed by atoms with van der Waals surface area (Å²) in [6.07, 6.45) is 5.15. The third-order valence-corrected chi connectivity index (χ3v) is 4.81. The van der Waals surface area contributed by atoms with Crippen LogP contribution in [0, 0.1) is 10.1 Å². The Bertz CT molecular complexity index is 1120. The fraction of sp³-hybridized carbons (Fsp3) is 0.238. The Kier molecular flexibility index (Phi) is 6.78. The van der Waals surface area contributed by atoms with Crippen LogP contribution >= 0.6 is 0 Å². The average molecular weight is 440 g/mol. The van der Waals surface area contributed by atoms with E-state index >= 15 is 0 Å². The summed E-state index contributed by atoms with van der Waals surface area (Å²) in [5, 5.41) is 14.2. The van der Waals surface area contributed by atoms with Crippen molar-refractivity contribution < 1.29 is 28.8 Å². The number of ether oxygens (including phenoxy) is 2. The Morgan fingerprint density at radius 1 is 1.31 bits per heavy atom. The zero-order valence-electron chi connectivity index (χ0n) is 17.3. The molecule has 0 radical (unpaired) electrons. The molecule has 11 nitrogen and oxygen atoms in total. The third kappa shape index (κ3) is 4.41. The number of esters is 2. The Morgan fingerprint density at radius 2 is 2.09 bits per heavy atom. The molecule has 2 aromatic rings. The highest BCUT2D eigenvalue weighted by Crippen LogP contribution is 2.40. The van der Waals surface area contributed by atoms with Gasteiger partial charge < -0.3 is 19.4 Å². The predicted molar refractivity (Wildman–Crippen MR) is 110 cm³/mol. The quantitative estimate of drug-likeness (QED) is 0.280. The lowest BCUT2D eigenvalue weighted by Gasteiger charge is -2.30. The fourth-order valence-corrected chi connectivity index (χ4v) is 3.49. The molecule has 0 saturated carbocycles. The van der Waals surface area contributed by atoms with Crippen molar-refractivity contribution in [2.24, 2.45) is 0 Å². The molecule has 166 valence electrons. The lowest BCUT2D eigenvalue weighted by atomic mass is 9.80. The molecule has 0 fully saturated rings. The molecule has 32 heavy (non-hydrogen) atoms. The van der Waals surface area contributed by atoms with E-state index in [1.165, 1.54) is 30.6 Å². The molecule has 1 N–H and O–H groups in total. The van der Waals surface area contributed by atoms with Crippen molar-refractivity contribution in [1.82, 2.24) is 14.9 Å². The number of non-ortho nitro benzene ring substituents is 1. The lowest BCUT2D eigenvalue weighted by Crippen LogP contribution is -2.35. The number of aldehydes is 1. The summed E-state index contributed by atoms with van der Waals surface area (Å²) in [5.41, 5.74) is 0.0700. The van der Waals surface area contributed by atoms with Crippen molar-refractivity contribution in [3.8, 4) is 0 Å². The number of methoxy groups -OCH3 is 1. The number of rotatable bonds is 8. The van der Waals surface area contributed by atoms with Gasteiger partial charge in [-0.3, -0.25) is 14.9 Å². The number of hydrogen-bond acceptors (Lipinski definition) is 9. The van der Waals surface area contributed by atoms with E-state index in [1.807, 2.05) is 0 Å². The molecule has 1 atom stereocenters. The number of nitro benzene ring substituents is 1. The van der Waals surface area contributed by atoms with Gasteiger partial charge in [-0.2, -0.15) is 0 Å². The van der Waals surface area contributed by atoms with Gasteiger partial charge in [-0.25, -0.2) is 14.6 Å². The molecule has 1 aromatic carbocycles. The minimum absolute atomic E-state index is 0.0343. The smallest absolute Gasteiger partial charge is 0.336 e. The lowest BCUT2D eigenvalue weighted by molar-refractivity contribution is -0.384. The van der Waals surface area contributed by atoms with Gasteiger partial charge >= 0.3 is 11.9 Å². The summed E-state index contributed by atoms with van der Waals surface area (Å²) in [4.78, 5) is 52.3. The molecule has 1 aliphatic heterocycles. The SMILES string of the molecule is CCOC(=O)C1=C(Cn2ccnc2)NC(C=O)=C(C(=O)OC)C1c1cccc([N+](=O)[O-])c1. The van der Waals surface area contributed by atoms with Gasteiger partial charge in [-0.05, 0) is 12.5 Å². The van der Waals surface area contributed by atoms with Crippen LogP contribution in [0.25, 0.3) is 0 Å². The first kappa shape index (κ1) is 22.4. The minimum Gasteiger partial charge on any atom is -0.466 e. The number of nitro groups is 1. The molecule has 1 aliphatic rings. The maximum atomic E-state index is 13.0. The highest BCUT2D eigenvalue weighted by molar-refractivity contribution is 6.03. The normalized spacial score (nSPS) is 15.8. The fourth-order valence-electron chi connectivity index (χ4n) is 3.49. The van der Waals surface area contributed by atoms with Crippen LogP contribution < -0.4 is 5.32 Å². The van der Waals surface area contributed by atoms with E-state index in [-0.39, 0.29) is 46.9 Å². The van der Waals surface area contributed by atoms with Crippen molar-refractivity contribution in [2.75, 3.05) is 13.7 Å². The first-order chi connectivity index (χ1) is 15.4. The molecular weight excluding hydrogens is 420 g/mol. The van der Waals surface area contributed by atoms with E-state index in [1.54, 1.807) is 23.9 Å². The van der Waals surface area contributed by atoms with Crippen LogP contribution in [0.5, 0.6) is 0 Å². The van der Waals surface area contributed by atoms with Gasteiger partial charge in [0.05, 0.1) is 54.3 Å². The number of aromatic nitrogens is 2.